The minimum absolute atomic E-state index is 0.361. The van der Waals surface area contributed by atoms with Crippen LogP contribution < -0.4 is 0 Å². The molecule has 0 heterocycles. The Bertz CT molecular complexity index is 42.1. The van der Waals surface area contributed by atoms with Crippen molar-refractivity contribution in [3.8, 4) is 0 Å². The lowest BCUT2D eigenvalue weighted by Gasteiger charge is -2.19. The average Bonchev–Trinajstić information content (AvgIpc) is 1.68. The number of rotatable bonds is 2. The summed E-state index contributed by atoms with van der Waals surface area (Å²) in [6.45, 7) is 6.51. The fraction of sp³-hybridized carbons (Fsp3) is 1.00. The zero-order valence-electron chi connectivity index (χ0n) is 5.49. The highest BCUT2D eigenvalue weighted by atomic mass is 14.1. The van der Waals surface area contributed by atoms with Crippen molar-refractivity contribution in [3.63, 3.8) is 0 Å². The minimum atomic E-state index is 0.361. The molecular weight excluding hydrogens is 82.9 g/mol. The third-order valence-electron chi connectivity index (χ3n) is 1.51. The van der Waals surface area contributed by atoms with Gasteiger partial charge in [-0.25, -0.2) is 0 Å². The largest absolute Gasteiger partial charge is 0.0837 e. The molecule has 0 aromatic heterocycles. The van der Waals surface area contributed by atoms with E-state index in [2.05, 4.69) is 20.8 Å². The Morgan fingerprint density at radius 3 is 1.86 bits per heavy atom. The van der Waals surface area contributed by atoms with Crippen LogP contribution in [0.2, 0.25) is 6.32 Å². The first-order valence-electron chi connectivity index (χ1n) is 2.82. The van der Waals surface area contributed by atoms with Gasteiger partial charge in [-0.15, -0.1) is 0 Å². The maximum atomic E-state index is 5.42. The molecular formula is C6H13B. The van der Waals surface area contributed by atoms with E-state index in [9.17, 15) is 0 Å². The third-order valence-corrected chi connectivity index (χ3v) is 1.51. The molecule has 0 rings (SSSR count). The lowest BCUT2D eigenvalue weighted by molar-refractivity contribution is 0.398. The standard InChI is InChI=1S/C6H13B/c1-4-6(2,3)5-7/h4-5H2,1-3H3. The van der Waals surface area contributed by atoms with Crippen LogP contribution in [0, 0.1) is 5.41 Å². The van der Waals surface area contributed by atoms with Crippen molar-refractivity contribution < 1.29 is 0 Å². The highest BCUT2D eigenvalue weighted by Gasteiger charge is 2.09. The third kappa shape index (κ3) is 2.72. The molecule has 0 aromatic rings. The van der Waals surface area contributed by atoms with Crippen LogP contribution >= 0.6 is 0 Å². The molecule has 40 valence electrons. The normalized spacial score (nSPS) is 11.9. The smallest absolute Gasteiger partial charge is 0.0660 e. The van der Waals surface area contributed by atoms with Crippen LogP contribution in [0.1, 0.15) is 27.2 Å². The number of hydrogen-bond donors (Lipinski definition) is 0. The van der Waals surface area contributed by atoms with E-state index in [1.54, 1.807) is 0 Å². The first kappa shape index (κ1) is 7.06. The maximum Gasteiger partial charge on any atom is 0.0660 e. The van der Waals surface area contributed by atoms with Gasteiger partial charge in [0.1, 0.15) is 0 Å². The molecule has 0 bridgehead atoms. The molecule has 0 aliphatic carbocycles. The van der Waals surface area contributed by atoms with E-state index < -0.39 is 0 Å². The lowest BCUT2D eigenvalue weighted by Crippen LogP contribution is -2.07. The molecule has 0 saturated heterocycles. The molecule has 0 atom stereocenters. The predicted molar refractivity (Wildman–Crippen MR) is 34.6 cm³/mol. The van der Waals surface area contributed by atoms with Crippen LogP contribution in [-0.2, 0) is 0 Å². The van der Waals surface area contributed by atoms with Crippen LogP contribution in [0.15, 0.2) is 0 Å². The molecule has 0 aliphatic rings. The van der Waals surface area contributed by atoms with Crippen LogP contribution in [0.4, 0.5) is 0 Å². The van der Waals surface area contributed by atoms with Crippen molar-refractivity contribution in [1.82, 2.24) is 0 Å². The summed E-state index contributed by atoms with van der Waals surface area (Å²) in [4.78, 5) is 0. The van der Waals surface area contributed by atoms with Crippen LogP contribution in [0.3, 0.4) is 0 Å². The van der Waals surface area contributed by atoms with E-state index in [4.69, 9.17) is 7.85 Å². The summed E-state index contributed by atoms with van der Waals surface area (Å²) in [5, 5.41) is 0. The van der Waals surface area contributed by atoms with Gasteiger partial charge < -0.3 is 0 Å². The second-order valence-corrected chi connectivity index (χ2v) is 2.72. The fourth-order valence-electron chi connectivity index (χ4n) is 0.144. The van der Waals surface area contributed by atoms with E-state index in [-0.39, 0.29) is 0 Å². The summed E-state index contributed by atoms with van der Waals surface area (Å²) < 4.78 is 0. The summed E-state index contributed by atoms with van der Waals surface area (Å²) in [6.07, 6.45) is 1.97. The molecule has 7 heavy (non-hydrogen) atoms. The van der Waals surface area contributed by atoms with Crippen molar-refractivity contribution in [2.75, 3.05) is 0 Å². The first-order chi connectivity index (χ1) is 3.12. The second-order valence-electron chi connectivity index (χ2n) is 2.72. The van der Waals surface area contributed by atoms with Crippen molar-refractivity contribution in [2.24, 2.45) is 5.41 Å². The van der Waals surface area contributed by atoms with Gasteiger partial charge in [0.25, 0.3) is 0 Å². The molecule has 0 amide bonds. The van der Waals surface area contributed by atoms with E-state index in [1.165, 1.54) is 6.42 Å². The van der Waals surface area contributed by atoms with Gasteiger partial charge >= 0.3 is 0 Å². The molecule has 0 nitrogen and oxygen atoms in total. The monoisotopic (exact) mass is 96.1 g/mol. The Labute approximate surface area is 47.7 Å². The summed E-state index contributed by atoms with van der Waals surface area (Å²) in [7, 11) is 5.42. The zero-order valence-corrected chi connectivity index (χ0v) is 5.49. The zero-order chi connectivity index (χ0) is 5.91. The van der Waals surface area contributed by atoms with E-state index in [1.807, 2.05) is 0 Å². The van der Waals surface area contributed by atoms with Gasteiger partial charge in [-0.2, -0.15) is 0 Å². The van der Waals surface area contributed by atoms with Gasteiger partial charge in [0.15, 0.2) is 0 Å². The molecule has 2 radical (unpaired) electrons. The Hall–Kier alpha value is 0.0649. The van der Waals surface area contributed by atoms with Crippen molar-refractivity contribution in [3.05, 3.63) is 0 Å². The summed E-state index contributed by atoms with van der Waals surface area (Å²) >= 11 is 0. The fourth-order valence-corrected chi connectivity index (χ4v) is 0.144. The topological polar surface area (TPSA) is 0 Å². The van der Waals surface area contributed by atoms with Gasteiger partial charge in [-0.05, 0) is 5.41 Å². The van der Waals surface area contributed by atoms with Gasteiger partial charge in [-0.1, -0.05) is 33.5 Å². The van der Waals surface area contributed by atoms with Gasteiger partial charge in [-0.3, -0.25) is 0 Å². The Morgan fingerprint density at radius 1 is 1.43 bits per heavy atom. The van der Waals surface area contributed by atoms with E-state index >= 15 is 0 Å². The van der Waals surface area contributed by atoms with Crippen LogP contribution in [-0.4, -0.2) is 7.85 Å². The molecule has 1 heteroatoms. The van der Waals surface area contributed by atoms with Gasteiger partial charge in [0.05, 0.1) is 7.85 Å². The highest BCUT2D eigenvalue weighted by molar-refractivity contribution is 6.08. The molecule has 0 aromatic carbocycles. The highest BCUT2D eigenvalue weighted by Crippen LogP contribution is 2.22. The SMILES string of the molecule is [B]CC(C)(C)CC. The van der Waals surface area contributed by atoms with Gasteiger partial charge in [0.2, 0.25) is 0 Å². The van der Waals surface area contributed by atoms with Crippen LogP contribution in [0.5, 0.6) is 0 Å². The Balaban J connectivity index is 3.36. The minimum Gasteiger partial charge on any atom is -0.0837 e. The maximum absolute atomic E-state index is 5.42. The molecule has 0 spiro atoms. The van der Waals surface area contributed by atoms with Gasteiger partial charge in [0, 0.05) is 0 Å². The molecule has 0 fully saturated rings. The first-order valence-corrected chi connectivity index (χ1v) is 2.82. The van der Waals surface area contributed by atoms with Crippen molar-refractivity contribution >= 4 is 7.85 Å². The van der Waals surface area contributed by atoms with E-state index in [0.717, 1.165) is 6.32 Å². The summed E-state index contributed by atoms with van der Waals surface area (Å²) in [6, 6.07) is 0. The summed E-state index contributed by atoms with van der Waals surface area (Å²) in [5.74, 6) is 0. The number of hydrogen-bond acceptors (Lipinski definition) is 0. The predicted octanol–water partition coefficient (Wildman–Crippen LogP) is 2.01. The summed E-state index contributed by atoms with van der Waals surface area (Å²) in [5.41, 5.74) is 0.361. The Kier molecular flexibility index (Phi) is 2.41. The van der Waals surface area contributed by atoms with Crippen LogP contribution in [0.25, 0.3) is 0 Å². The van der Waals surface area contributed by atoms with Crippen molar-refractivity contribution in [2.45, 2.75) is 33.5 Å². The van der Waals surface area contributed by atoms with E-state index in [0.29, 0.717) is 5.41 Å². The second kappa shape index (κ2) is 2.39. The molecule has 0 aliphatic heterocycles. The van der Waals surface area contributed by atoms with Crippen molar-refractivity contribution in [1.29, 1.82) is 0 Å². The average molecular weight is 96.0 g/mol. The molecule has 0 unspecified atom stereocenters. The Morgan fingerprint density at radius 2 is 1.86 bits per heavy atom. The quantitative estimate of drug-likeness (QED) is 0.461. The lowest BCUT2D eigenvalue weighted by atomic mass is 9.77. The molecule has 0 saturated carbocycles. The molecule has 0 N–H and O–H groups in total.